The van der Waals surface area contributed by atoms with Gasteiger partial charge in [0.2, 0.25) is 15.9 Å². The van der Waals surface area contributed by atoms with Crippen LogP contribution in [0.1, 0.15) is 30.5 Å². The maximum Gasteiger partial charge on any atom is 0.244 e. The molecule has 0 aliphatic heterocycles. The molecule has 0 aromatic heterocycles. The second-order valence-electron chi connectivity index (χ2n) is 6.20. The highest BCUT2D eigenvalue weighted by molar-refractivity contribution is 7.89. The molecule has 1 N–H and O–H groups in total. The first-order valence-corrected chi connectivity index (χ1v) is 10.4. The monoisotopic (exact) mass is 386 g/mol. The Labute approximate surface area is 161 Å². The van der Waals surface area contributed by atoms with Gasteiger partial charge in [-0.3, -0.25) is 4.79 Å². The zero-order chi connectivity index (χ0) is 19.9. The molecule has 0 bridgehead atoms. The quantitative estimate of drug-likeness (QED) is 0.708. The normalized spacial score (nSPS) is 11.9. The highest BCUT2D eigenvalue weighted by Crippen LogP contribution is 2.16. The van der Waals surface area contributed by atoms with E-state index in [1.807, 2.05) is 45.0 Å². The van der Waals surface area contributed by atoms with Crippen LogP contribution in [0.25, 0.3) is 6.08 Å². The largest absolute Gasteiger partial charge is 0.348 e. The fourth-order valence-electron chi connectivity index (χ4n) is 2.71. The summed E-state index contributed by atoms with van der Waals surface area (Å²) in [5, 5.41) is 2.83. The van der Waals surface area contributed by atoms with Crippen molar-refractivity contribution in [2.75, 3.05) is 13.1 Å². The lowest BCUT2D eigenvalue weighted by Crippen LogP contribution is -2.30. The third-order valence-electron chi connectivity index (χ3n) is 4.20. The summed E-state index contributed by atoms with van der Waals surface area (Å²) >= 11 is 0. The molecule has 0 saturated heterocycles. The molecular weight excluding hydrogens is 360 g/mol. The molecule has 0 radical (unpaired) electrons. The van der Waals surface area contributed by atoms with Gasteiger partial charge in [-0.25, -0.2) is 8.42 Å². The number of rotatable bonds is 8. The predicted molar refractivity (Wildman–Crippen MR) is 109 cm³/mol. The van der Waals surface area contributed by atoms with Crippen molar-refractivity contribution in [3.8, 4) is 0 Å². The summed E-state index contributed by atoms with van der Waals surface area (Å²) in [5.74, 6) is -0.198. The van der Waals surface area contributed by atoms with Gasteiger partial charge in [0.25, 0.3) is 0 Å². The molecule has 0 spiro atoms. The van der Waals surface area contributed by atoms with Gasteiger partial charge < -0.3 is 5.32 Å². The molecule has 5 nitrogen and oxygen atoms in total. The minimum absolute atomic E-state index is 0.198. The zero-order valence-corrected chi connectivity index (χ0v) is 16.8. The van der Waals surface area contributed by atoms with Crippen LogP contribution in [-0.4, -0.2) is 31.7 Å². The van der Waals surface area contributed by atoms with E-state index < -0.39 is 10.0 Å². The van der Waals surface area contributed by atoms with Crippen LogP contribution < -0.4 is 5.32 Å². The number of nitrogens with zero attached hydrogens (tertiary/aromatic N) is 1. The van der Waals surface area contributed by atoms with Gasteiger partial charge in [0.1, 0.15) is 0 Å². The Balaban J connectivity index is 1.98. The van der Waals surface area contributed by atoms with Crippen molar-refractivity contribution in [1.29, 1.82) is 0 Å². The molecule has 0 atom stereocenters. The number of carbonyl (C=O) groups excluding carboxylic acids is 1. The Morgan fingerprint density at radius 1 is 1.07 bits per heavy atom. The third kappa shape index (κ3) is 5.77. The van der Waals surface area contributed by atoms with Crippen molar-refractivity contribution in [3.63, 3.8) is 0 Å². The van der Waals surface area contributed by atoms with E-state index in [2.05, 4.69) is 5.32 Å². The van der Waals surface area contributed by atoms with Crippen molar-refractivity contribution in [2.24, 2.45) is 0 Å². The van der Waals surface area contributed by atoms with Crippen molar-refractivity contribution in [2.45, 2.75) is 32.2 Å². The predicted octanol–water partition coefficient (Wildman–Crippen LogP) is 3.36. The number of amides is 1. The molecule has 0 fully saturated rings. The van der Waals surface area contributed by atoms with E-state index in [0.717, 1.165) is 16.7 Å². The van der Waals surface area contributed by atoms with Gasteiger partial charge in [0, 0.05) is 25.7 Å². The summed E-state index contributed by atoms with van der Waals surface area (Å²) in [5.41, 5.74) is 2.96. The van der Waals surface area contributed by atoms with Crippen LogP contribution in [0.4, 0.5) is 0 Å². The van der Waals surface area contributed by atoms with Crippen molar-refractivity contribution < 1.29 is 13.2 Å². The minimum Gasteiger partial charge on any atom is -0.348 e. The standard InChI is InChI=1S/C21H26N2O3S/c1-4-23(5-2)27(25,26)20-12-9-18(10-13-20)11-14-21(24)22-16-19-8-6-7-17(3)15-19/h6-15H,4-5,16H2,1-3H3,(H,22,24). The summed E-state index contributed by atoms with van der Waals surface area (Å²) in [6.07, 6.45) is 3.11. The molecule has 0 heterocycles. The number of nitrogens with one attached hydrogen (secondary N) is 1. The lowest BCUT2D eigenvalue weighted by atomic mass is 10.1. The molecule has 0 aliphatic rings. The van der Waals surface area contributed by atoms with Gasteiger partial charge in [-0.05, 0) is 36.3 Å². The second-order valence-corrected chi connectivity index (χ2v) is 8.14. The Morgan fingerprint density at radius 3 is 2.33 bits per heavy atom. The fourth-order valence-corrected chi connectivity index (χ4v) is 4.16. The molecular formula is C21H26N2O3S. The van der Waals surface area contributed by atoms with Crippen LogP contribution in [0.15, 0.2) is 59.5 Å². The average Bonchev–Trinajstić information content (AvgIpc) is 2.66. The first kappa shape index (κ1) is 20.9. The minimum atomic E-state index is -3.46. The molecule has 6 heteroatoms. The molecule has 2 aromatic rings. The molecule has 2 aromatic carbocycles. The highest BCUT2D eigenvalue weighted by atomic mass is 32.2. The Hall–Kier alpha value is -2.44. The lowest BCUT2D eigenvalue weighted by molar-refractivity contribution is -0.116. The summed E-state index contributed by atoms with van der Waals surface area (Å²) in [7, 11) is -3.46. The second kappa shape index (κ2) is 9.48. The van der Waals surface area contributed by atoms with E-state index in [4.69, 9.17) is 0 Å². The number of benzene rings is 2. The number of hydrogen-bond acceptors (Lipinski definition) is 3. The summed E-state index contributed by atoms with van der Waals surface area (Å²) in [4.78, 5) is 12.2. The van der Waals surface area contributed by atoms with Crippen LogP contribution in [-0.2, 0) is 21.4 Å². The highest BCUT2D eigenvalue weighted by Gasteiger charge is 2.20. The first-order valence-electron chi connectivity index (χ1n) is 8.98. The topological polar surface area (TPSA) is 66.5 Å². The van der Waals surface area contributed by atoms with Gasteiger partial charge in [-0.2, -0.15) is 4.31 Å². The Kier molecular flexibility index (Phi) is 7.33. The van der Waals surface area contributed by atoms with Crippen LogP contribution >= 0.6 is 0 Å². The first-order chi connectivity index (χ1) is 12.9. The van der Waals surface area contributed by atoms with Crippen molar-refractivity contribution in [3.05, 3.63) is 71.3 Å². The maximum absolute atomic E-state index is 12.5. The van der Waals surface area contributed by atoms with Gasteiger partial charge in [0.15, 0.2) is 0 Å². The van der Waals surface area contributed by atoms with E-state index >= 15 is 0 Å². The fraction of sp³-hybridized carbons (Fsp3) is 0.286. The lowest BCUT2D eigenvalue weighted by Gasteiger charge is -2.18. The third-order valence-corrected chi connectivity index (χ3v) is 6.26. The number of carbonyl (C=O) groups is 1. The smallest absolute Gasteiger partial charge is 0.244 e. The molecule has 0 unspecified atom stereocenters. The maximum atomic E-state index is 12.5. The Morgan fingerprint density at radius 2 is 1.74 bits per heavy atom. The zero-order valence-electron chi connectivity index (χ0n) is 16.0. The average molecular weight is 387 g/mol. The van der Waals surface area contributed by atoms with E-state index in [9.17, 15) is 13.2 Å². The summed E-state index contributed by atoms with van der Waals surface area (Å²) in [6, 6.07) is 14.5. The van der Waals surface area contributed by atoms with Crippen LogP contribution in [0.5, 0.6) is 0 Å². The molecule has 144 valence electrons. The van der Waals surface area contributed by atoms with Gasteiger partial charge in [-0.1, -0.05) is 55.8 Å². The van der Waals surface area contributed by atoms with E-state index in [1.54, 1.807) is 30.3 Å². The van der Waals surface area contributed by atoms with Gasteiger partial charge >= 0.3 is 0 Å². The summed E-state index contributed by atoms with van der Waals surface area (Å²) < 4.78 is 26.3. The van der Waals surface area contributed by atoms with Crippen LogP contribution in [0.2, 0.25) is 0 Å². The number of aryl methyl sites for hydroxylation is 1. The van der Waals surface area contributed by atoms with E-state index in [-0.39, 0.29) is 10.8 Å². The molecule has 27 heavy (non-hydrogen) atoms. The van der Waals surface area contributed by atoms with Crippen LogP contribution in [0, 0.1) is 6.92 Å². The summed E-state index contributed by atoms with van der Waals surface area (Å²) in [6.45, 7) is 6.96. The SMILES string of the molecule is CCN(CC)S(=O)(=O)c1ccc(C=CC(=O)NCc2cccc(C)c2)cc1. The Bertz CT molecular complexity index is 899. The van der Waals surface area contributed by atoms with Crippen molar-refractivity contribution in [1.82, 2.24) is 9.62 Å². The van der Waals surface area contributed by atoms with Gasteiger partial charge in [0.05, 0.1) is 4.90 Å². The van der Waals surface area contributed by atoms with Crippen molar-refractivity contribution >= 4 is 22.0 Å². The van der Waals surface area contributed by atoms with E-state index in [1.165, 1.54) is 10.4 Å². The van der Waals surface area contributed by atoms with Crippen LogP contribution in [0.3, 0.4) is 0 Å². The molecule has 2 rings (SSSR count). The molecule has 1 amide bonds. The number of hydrogen-bond donors (Lipinski definition) is 1. The number of sulfonamides is 1. The van der Waals surface area contributed by atoms with Gasteiger partial charge in [-0.15, -0.1) is 0 Å². The molecule has 0 saturated carbocycles. The molecule has 0 aliphatic carbocycles. The van der Waals surface area contributed by atoms with E-state index in [0.29, 0.717) is 19.6 Å².